The highest BCUT2D eigenvalue weighted by Gasteiger charge is 2.30. The second-order valence-corrected chi connectivity index (χ2v) is 5.22. The van der Waals surface area contributed by atoms with Gasteiger partial charge in [-0.05, 0) is 31.7 Å². The van der Waals surface area contributed by atoms with E-state index in [1.54, 1.807) is 0 Å². The molecule has 1 rings (SSSR count). The van der Waals surface area contributed by atoms with Crippen LogP contribution in [0.5, 0.6) is 0 Å². The van der Waals surface area contributed by atoms with Crippen molar-refractivity contribution >= 4 is 0 Å². The Morgan fingerprint density at radius 1 is 1.50 bits per heavy atom. The van der Waals surface area contributed by atoms with Gasteiger partial charge >= 0.3 is 0 Å². The minimum atomic E-state index is -0.296. The lowest BCUT2D eigenvalue weighted by Crippen LogP contribution is -2.45. The molecular weight excluding hydrogens is 172 g/mol. The van der Waals surface area contributed by atoms with Gasteiger partial charge in [0.1, 0.15) is 5.54 Å². The van der Waals surface area contributed by atoms with Gasteiger partial charge in [0.25, 0.3) is 0 Å². The summed E-state index contributed by atoms with van der Waals surface area (Å²) >= 11 is 0. The van der Waals surface area contributed by atoms with Gasteiger partial charge in [-0.3, -0.25) is 5.32 Å². The van der Waals surface area contributed by atoms with Crippen LogP contribution in [0.4, 0.5) is 0 Å². The van der Waals surface area contributed by atoms with E-state index >= 15 is 0 Å². The average molecular weight is 194 g/mol. The lowest BCUT2D eigenvalue weighted by molar-refractivity contribution is 0.233. The van der Waals surface area contributed by atoms with Crippen LogP contribution in [0, 0.1) is 23.2 Å². The third-order valence-electron chi connectivity index (χ3n) is 3.07. The fraction of sp³-hybridized carbons (Fsp3) is 0.917. The molecule has 80 valence electrons. The smallest absolute Gasteiger partial charge is 0.104 e. The molecule has 0 bridgehead atoms. The molecule has 0 saturated heterocycles. The van der Waals surface area contributed by atoms with Gasteiger partial charge in [0.05, 0.1) is 6.07 Å². The largest absolute Gasteiger partial charge is 0.299 e. The highest BCUT2D eigenvalue weighted by Crippen LogP contribution is 2.33. The molecule has 2 heteroatoms. The van der Waals surface area contributed by atoms with Crippen LogP contribution in [0.2, 0.25) is 0 Å². The molecular formula is C12H22N2. The standard InChI is InChI=1S/C12H22N2/c1-10(2)8-14-12(3,9-13)7-11-5-4-6-11/h10-11,14H,4-8H2,1-3H3. The second-order valence-electron chi connectivity index (χ2n) is 5.22. The lowest BCUT2D eigenvalue weighted by Gasteiger charge is -2.33. The number of rotatable bonds is 5. The van der Waals surface area contributed by atoms with Gasteiger partial charge in [0, 0.05) is 0 Å². The maximum absolute atomic E-state index is 9.15. The van der Waals surface area contributed by atoms with Gasteiger partial charge in [0.15, 0.2) is 0 Å². The Hall–Kier alpha value is -0.550. The van der Waals surface area contributed by atoms with Crippen LogP contribution < -0.4 is 5.32 Å². The van der Waals surface area contributed by atoms with E-state index in [-0.39, 0.29) is 5.54 Å². The summed E-state index contributed by atoms with van der Waals surface area (Å²) in [6, 6.07) is 2.42. The van der Waals surface area contributed by atoms with Crippen LogP contribution in [-0.2, 0) is 0 Å². The topological polar surface area (TPSA) is 35.8 Å². The SMILES string of the molecule is CC(C)CNC(C)(C#N)CC1CCC1. The van der Waals surface area contributed by atoms with Gasteiger partial charge in [-0.25, -0.2) is 0 Å². The van der Waals surface area contributed by atoms with Crippen molar-refractivity contribution in [1.29, 1.82) is 5.26 Å². The Labute approximate surface area is 87.7 Å². The van der Waals surface area contributed by atoms with Gasteiger partial charge < -0.3 is 0 Å². The van der Waals surface area contributed by atoms with E-state index in [2.05, 4.69) is 25.2 Å². The van der Waals surface area contributed by atoms with Gasteiger partial charge in [0.2, 0.25) is 0 Å². The van der Waals surface area contributed by atoms with E-state index in [1.807, 2.05) is 6.92 Å². The zero-order chi connectivity index (χ0) is 10.6. The van der Waals surface area contributed by atoms with Crippen LogP contribution in [0.15, 0.2) is 0 Å². The molecule has 0 aromatic carbocycles. The molecule has 0 aliphatic heterocycles. The molecule has 2 nitrogen and oxygen atoms in total. The fourth-order valence-electron chi connectivity index (χ4n) is 1.86. The molecule has 1 unspecified atom stereocenters. The van der Waals surface area contributed by atoms with E-state index in [4.69, 9.17) is 5.26 Å². The van der Waals surface area contributed by atoms with Gasteiger partial charge in [-0.2, -0.15) is 5.26 Å². The normalized spacial score (nSPS) is 21.4. The summed E-state index contributed by atoms with van der Waals surface area (Å²) in [5.41, 5.74) is -0.296. The quantitative estimate of drug-likeness (QED) is 0.730. The number of nitrogens with one attached hydrogen (secondary N) is 1. The molecule has 1 aliphatic carbocycles. The molecule has 1 saturated carbocycles. The molecule has 0 aromatic heterocycles. The minimum Gasteiger partial charge on any atom is -0.299 e. The summed E-state index contributed by atoms with van der Waals surface area (Å²) in [7, 11) is 0. The first-order chi connectivity index (χ1) is 6.56. The summed E-state index contributed by atoms with van der Waals surface area (Å²) in [6.07, 6.45) is 5.02. The molecule has 1 atom stereocenters. The Morgan fingerprint density at radius 3 is 2.50 bits per heavy atom. The van der Waals surface area contributed by atoms with E-state index in [9.17, 15) is 0 Å². The Balaban J connectivity index is 2.35. The molecule has 0 heterocycles. The van der Waals surface area contributed by atoms with Gasteiger partial charge in [-0.1, -0.05) is 33.1 Å². The first-order valence-electron chi connectivity index (χ1n) is 5.72. The summed E-state index contributed by atoms with van der Waals surface area (Å²) in [5, 5.41) is 12.5. The van der Waals surface area contributed by atoms with Crippen LogP contribution in [0.1, 0.15) is 46.5 Å². The minimum absolute atomic E-state index is 0.296. The van der Waals surface area contributed by atoms with Crippen molar-refractivity contribution in [3.05, 3.63) is 0 Å². The molecule has 1 fully saturated rings. The van der Waals surface area contributed by atoms with Crippen molar-refractivity contribution < 1.29 is 0 Å². The van der Waals surface area contributed by atoms with Crippen LogP contribution in [0.3, 0.4) is 0 Å². The van der Waals surface area contributed by atoms with E-state index in [0.29, 0.717) is 5.92 Å². The molecule has 0 radical (unpaired) electrons. The average Bonchev–Trinajstić information content (AvgIpc) is 2.08. The Morgan fingerprint density at radius 2 is 2.14 bits per heavy atom. The zero-order valence-corrected chi connectivity index (χ0v) is 9.64. The molecule has 0 aromatic rings. The number of nitrogens with zero attached hydrogens (tertiary/aromatic N) is 1. The second kappa shape index (κ2) is 4.79. The van der Waals surface area contributed by atoms with Crippen molar-refractivity contribution in [3.8, 4) is 6.07 Å². The van der Waals surface area contributed by atoms with Crippen LogP contribution in [0.25, 0.3) is 0 Å². The number of nitriles is 1. The maximum atomic E-state index is 9.15. The third kappa shape index (κ3) is 3.31. The predicted octanol–water partition coefficient (Wildman–Crippen LogP) is 2.70. The zero-order valence-electron chi connectivity index (χ0n) is 9.64. The number of hydrogen-bond acceptors (Lipinski definition) is 2. The summed E-state index contributed by atoms with van der Waals surface area (Å²) < 4.78 is 0. The van der Waals surface area contributed by atoms with Gasteiger partial charge in [-0.15, -0.1) is 0 Å². The third-order valence-corrected chi connectivity index (χ3v) is 3.07. The van der Waals surface area contributed by atoms with Crippen molar-refractivity contribution in [1.82, 2.24) is 5.32 Å². The van der Waals surface area contributed by atoms with E-state index < -0.39 is 0 Å². The van der Waals surface area contributed by atoms with Crippen LogP contribution >= 0.6 is 0 Å². The first kappa shape index (κ1) is 11.5. The van der Waals surface area contributed by atoms with Crippen molar-refractivity contribution in [2.45, 2.75) is 52.0 Å². The predicted molar refractivity (Wildman–Crippen MR) is 58.8 cm³/mol. The summed E-state index contributed by atoms with van der Waals surface area (Å²) in [4.78, 5) is 0. The highest BCUT2D eigenvalue weighted by molar-refractivity contribution is 5.05. The fourth-order valence-corrected chi connectivity index (χ4v) is 1.86. The molecule has 0 amide bonds. The monoisotopic (exact) mass is 194 g/mol. The highest BCUT2D eigenvalue weighted by atomic mass is 15.0. The summed E-state index contributed by atoms with van der Waals surface area (Å²) in [5.74, 6) is 1.41. The maximum Gasteiger partial charge on any atom is 0.104 e. The molecule has 0 spiro atoms. The van der Waals surface area contributed by atoms with E-state index in [0.717, 1.165) is 18.9 Å². The van der Waals surface area contributed by atoms with Crippen molar-refractivity contribution in [3.63, 3.8) is 0 Å². The molecule has 14 heavy (non-hydrogen) atoms. The van der Waals surface area contributed by atoms with Crippen molar-refractivity contribution in [2.75, 3.05) is 6.54 Å². The number of hydrogen-bond donors (Lipinski definition) is 1. The lowest BCUT2D eigenvalue weighted by atomic mass is 9.77. The van der Waals surface area contributed by atoms with Crippen molar-refractivity contribution in [2.24, 2.45) is 11.8 Å². The van der Waals surface area contributed by atoms with E-state index in [1.165, 1.54) is 19.3 Å². The Bertz CT molecular complexity index is 213. The summed E-state index contributed by atoms with van der Waals surface area (Å²) in [6.45, 7) is 7.33. The van der Waals surface area contributed by atoms with Crippen LogP contribution in [-0.4, -0.2) is 12.1 Å². The Kier molecular flexibility index (Phi) is 3.95. The molecule has 1 N–H and O–H groups in total. The first-order valence-corrected chi connectivity index (χ1v) is 5.72. The molecule has 1 aliphatic rings.